The highest BCUT2D eigenvalue weighted by Crippen LogP contribution is 2.22. The molecule has 19 heavy (non-hydrogen) atoms. The van der Waals surface area contributed by atoms with Gasteiger partial charge in [-0.1, -0.05) is 34.1 Å². The van der Waals surface area contributed by atoms with Crippen LogP contribution in [0.15, 0.2) is 40.9 Å². The molecule has 0 atom stereocenters. The molecule has 0 unspecified atom stereocenters. The molecular weight excluding hydrogens is 302 g/mol. The van der Waals surface area contributed by atoms with Gasteiger partial charge >= 0.3 is 0 Å². The lowest BCUT2D eigenvalue weighted by Crippen LogP contribution is -2.01. The second-order valence-electron chi connectivity index (χ2n) is 4.62. The average Bonchev–Trinajstić information content (AvgIpc) is 2.40. The number of methoxy groups -OCH3 is 1. The molecule has 3 heteroatoms. The molecule has 0 amide bonds. The summed E-state index contributed by atoms with van der Waals surface area (Å²) in [5.74, 6) is 0.933. The van der Waals surface area contributed by atoms with E-state index in [9.17, 15) is 0 Å². The number of hydrogen-bond donors (Lipinski definition) is 1. The van der Waals surface area contributed by atoms with Gasteiger partial charge in [0.25, 0.3) is 0 Å². The molecule has 0 fully saturated rings. The molecule has 0 bridgehead atoms. The van der Waals surface area contributed by atoms with Crippen molar-refractivity contribution in [2.24, 2.45) is 0 Å². The second-order valence-corrected chi connectivity index (χ2v) is 5.53. The van der Waals surface area contributed by atoms with Crippen LogP contribution in [-0.4, -0.2) is 7.11 Å². The molecule has 0 heterocycles. The Labute approximate surface area is 122 Å². The van der Waals surface area contributed by atoms with Crippen molar-refractivity contribution in [2.45, 2.75) is 20.4 Å². The topological polar surface area (TPSA) is 21.3 Å². The maximum Gasteiger partial charge on any atom is 0.121 e. The van der Waals surface area contributed by atoms with Crippen molar-refractivity contribution in [1.29, 1.82) is 0 Å². The zero-order chi connectivity index (χ0) is 13.8. The number of nitrogens with one attached hydrogen (secondary N) is 1. The Hall–Kier alpha value is -1.48. The second kappa shape index (κ2) is 6.11. The summed E-state index contributed by atoms with van der Waals surface area (Å²) in [7, 11) is 1.70. The lowest BCUT2D eigenvalue weighted by atomic mass is 10.1. The van der Waals surface area contributed by atoms with E-state index in [0.29, 0.717) is 0 Å². The van der Waals surface area contributed by atoms with E-state index < -0.39 is 0 Å². The van der Waals surface area contributed by atoms with Gasteiger partial charge in [0.1, 0.15) is 5.75 Å². The zero-order valence-corrected chi connectivity index (χ0v) is 13.0. The number of benzene rings is 2. The van der Waals surface area contributed by atoms with Crippen LogP contribution in [0.1, 0.15) is 16.7 Å². The summed E-state index contributed by atoms with van der Waals surface area (Å²) in [4.78, 5) is 0. The molecule has 0 aliphatic carbocycles. The van der Waals surface area contributed by atoms with Gasteiger partial charge in [0, 0.05) is 16.7 Å². The first-order valence-electron chi connectivity index (χ1n) is 6.23. The third-order valence-corrected chi connectivity index (χ3v) is 3.64. The fraction of sp³-hybridized carbons (Fsp3) is 0.250. The van der Waals surface area contributed by atoms with Crippen LogP contribution in [0, 0.1) is 13.8 Å². The minimum Gasteiger partial charge on any atom is -0.496 e. The van der Waals surface area contributed by atoms with E-state index in [0.717, 1.165) is 28.0 Å². The van der Waals surface area contributed by atoms with Gasteiger partial charge in [-0.05, 0) is 48.7 Å². The quantitative estimate of drug-likeness (QED) is 0.883. The molecule has 0 spiro atoms. The maximum absolute atomic E-state index is 5.27. The van der Waals surface area contributed by atoms with Crippen LogP contribution in [0.5, 0.6) is 5.75 Å². The summed E-state index contributed by atoms with van der Waals surface area (Å²) < 4.78 is 6.36. The van der Waals surface area contributed by atoms with Crippen molar-refractivity contribution >= 4 is 21.6 Å². The summed E-state index contributed by atoms with van der Waals surface area (Å²) in [6.07, 6.45) is 0. The van der Waals surface area contributed by atoms with Gasteiger partial charge in [-0.15, -0.1) is 0 Å². The molecule has 100 valence electrons. The monoisotopic (exact) mass is 319 g/mol. The first kappa shape index (κ1) is 13.9. The Bertz CT molecular complexity index is 581. The largest absolute Gasteiger partial charge is 0.496 e. The van der Waals surface area contributed by atoms with Crippen molar-refractivity contribution in [3.8, 4) is 5.75 Å². The maximum atomic E-state index is 5.27. The first-order valence-corrected chi connectivity index (χ1v) is 7.03. The number of hydrogen-bond acceptors (Lipinski definition) is 2. The van der Waals surface area contributed by atoms with Crippen LogP contribution in [0.25, 0.3) is 0 Å². The molecule has 0 aromatic heterocycles. The molecule has 0 aliphatic rings. The first-order chi connectivity index (χ1) is 9.10. The predicted octanol–water partition coefficient (Wildman–Crippen LogP) is 4.69. The summed E-state index contributed by atoms with van der Waals surface area (Å²) in [5.41, 5.74) is 4.81. The summed E-state index contributed by atoms with van der Waals surface area (Å²) in [6.45, 7) is 4.98. The summed E-state index contributed by atoms with van der Waals surface area (Å²) >= 11 is 3.50. The summed E-state index contributed by atoms with van der Waals surface area (Å²) in [6, 6.07) is 12.5. The number of aryl methyl sites for hydroxylation is 2. The van der Waals surface area contributed by atoms with Gasteiger partial charge in [0.05, 0.1) is 7.11 Å². The molecule has 0 aliphatic heterocycles. The number of rotatable bonds is 4. The molecule has 0 saturated carbocycles. The van der Waals surface area contributed by atoms with Crippen LogP contribution < -0.4 is 10.1 Å². The van der Waals surface area contributed by atoms with E-state index >= 15 is 0 Å². The Morgan fingerprint density at radius 1 is 1.05 bits per heavy atom. The van der Waals surface area contributed by atoms with Gasteiger partial charge in [0.2, 0.25) is 0 Å². The lowest BCUT2D eigenvalue weighted by molar-refractivity contribution is 0.411. The van der Waals surface area contributed by atoms with Gasteiger partial charge in [-0.2, -0.15) is 0 Å². The molecule has 0 radical (unpaired) electrons. The molecule has 2 nitrogen and oxygen atoms in total. The Morgan fingerprint density at radius 2 is 1.84 bits per heavy atom. The van der Waals surface area contributed by atoms with Crippen molar-refractivity contribution in [3.63, 3.8) is 0 Å². The van der Waals surface area contributed by atoms with Crippen molar-refractivity contribution in [1.82, 2.24) is 0 Å². The van der Waals surface area contributed by atoms with E-state index in [2.05, 4.69) is 65.4 Å². The van der Waals surface area contributed by atoms with Gasteiger partial charge in [-0.25, -0.2) is 0 Å². The Balaban J connectivity index is 2.10. The third kappa shape index (κ3) is 3.51. The van der Waals surface area contributed by atoms with Crippen LogP contribution >= 0.6 is 15.9 Å². The Morgan fingerprint density at radius 3 is 2.53 bits per heavy atom. The SMILES string of the molecule is COc1ccc(CNc2cc(Br)ccc2C)cc1C. The third-order valence-electron chi connectivity index (χ3n) is 3.14. The van der Waals surface area contributed by atoms with E-state index in [1.165, 1.54) is 11.1 Å². The van der Waals surface area contributed by atoms with Crippen molar-refractivity contribution in [2.75, 3.05) is 12.4 Å². The van der Waals surface area contributed by atoms with Gasteiger partial charge in [0.15, 0.2) is 0 Å². The number of anilines is 1. The van der Waals surface area contributed by atoms with Crippen LogP contribution in [0.3, 0.4) is 0 Å². The lowest BCUT2D eigenvalue weighted by Gasteiger charge is -2.12. The number of ether oxygens (including phenoxy) is 1. The van der Waals surface area contributed by atoms with Gasteiger partial charge < -0.3 is 10.1 Å². The fourth-order valence-corrected chi connectivity index (χ4v) is 2.39. The standard InChI is InChI=1S/C16H18BrNO/c1-11-4-6-14(17)9-15(11)18-10-13-5-7-16(19-3)12(2)8-13/h4-9,18H,10H2,1-3H3. The van der Waals surface area contributed by atoms with E-state index in [1.807, 2.05) is 6.07 Å². The smallest absolute Gasteiger partial charge is 0.121 e. The van der Waals surface area contributed by atoms with E-state index in [-0.39, 0.29) is 0 Å². The Kier molecular flexibility index (Phi) is 4.48. The normalized spacial score (nSPS) is 10.3. The zero-order valence-electron chi connectivity index (χ0n) is 11.5. The van der Waals surface area contributed by atoms with Crippen molar-refractivity contribution in [3.05, 3.63) is 57.6 Å². The highest BCUT2D eigenvalue weighted by molar-refractivity contribution is 9.10. The highest BCUT2D eigenvalue weighted by Gasteiger charge is 2.02. The minimum absolute atomic E-state index is 0.808. The van der Waals surface area contributed by atoms with E-state index in [4.69, 9.17) is 4.74 Å². The van der Waals surface area contributed by atoms with Crippen LogP contribution in [0.4, 0.5) is 5.69 Å². The fourth-order valence-electron chi connectivity index (χ4n) is 2.03. The molecule has 2 aromatic carbocycles. The molecule has 2 aromatic rings. The molecule has 0 saturated heterocycles. The van der Waals surface area contributed by atoms with Crippen LogP contribution in [0.2, 0.25) is 0 Å². The summed E-state index contributed by atoms with van der Waals surface area (Å²) in [5, 5.41) is 3.46. The minimum atomic E-state index is 0.808. The van der Waals surface area contributed by atoms with E-state index in [1.54, 1.807) is 7.11 Å². The molecule has 1 N–H and O–H groups in total. The molecule has 2 rings (SSSR count). The number of halogens is 1. The molecular formula is C16H18BrNO. The highest BCUT2D eigenvalue weighted by atomic mass is 79.9. The predicted molar refractivity (Wildman–Crippen MR) is 83.9 cm³/mol. The van der Waals surface area contributed by atoms with Crippen LogP contribution in [-0.2, 0) is 6.54 Å². The van der Waals surface area contributed by atoms with Crippen molar-refractivity contribution < 1.29 is 4.74 Å². The van der Waals surface area contributed by atoms with Gasteiger partial charge in [-0.3, -0.25) is 0 Å². The average molecular weight is 320 g/mol.